The van der Waals surface area contributed by atoms with Crippen LogP contribution in [0.15, 0.2) is 74.1 Å². The smallest absolute Gasteiger partial charge is 0.262 e. The SMILES string of the molecule is N#CC(=Cc1ccc(-c2ccc(S(N)(=O)=O)cc2)o1)C(=O)NCc1ccco1. The van der Waals surface area contributed by atoms with E-state index in [0.717, 1.165) is 0 Å². The number of nitriles is 1. The van der Waals surface area contributed by atoms with Crippen molar-refractivity contribution < 1.29 is 22.0 Å². The van der Waals surface area contributed by atoms with Gasteiger partial charge in [-0.2, -0.15) is 5.26 Å². The number of nitrogens with zero attached hydrogens (tertiary/aromatic N) is 1. The highest BCUT2D eigenvalue weighted by atomic mass is 32.2. The van der Waals surface area contributed by atoms with Crippen LogP contribution in [0.5, 0.6) is 0 Å². The third-order valence-corrected chi connectivity index (χ3v) is 4.68. The van der Waals surface area contributed by atoms with Gasteiger partial charge in [-0.15, -0.1) is 0 Å². The summed E-state index contributed by atoms with van der Waals surface area (Å²) in [6.07, 6.45) is 2.81. The molecule has 3 N–H and O–H groups in total. The maximum Gasteiger partial charge on any atom is 0.262 e. The van der Waals surface area contributed by atoms with Crippen molar-refractivity contribution in [2.75, 3.05) is 0 Å². The molecular weight excluding hydrogens is 382 g/mol. The number of nitrogens with one attached hydrogen (secondary N) is 1. The summed E-state index contributed by atoms with van der Waals surface area (Å²) in [6, 6.07) is 14.3. The first-order valence-electron chi connectivity index (χ1n) is 8.02. The summed E-state index contributed by atoms with van der Waals surface area (Å²) >= 11 is 0. The Balaban J connectivity index is 1.74. The number of benzene rings is 1. The lowest BCUT2D eigenvalue weighted by Crippen LogP contribution is -2.23. The standard InChI is InChI=1S/C19H15N3O5S/c20-11-14(19(23)22-12-16-2-1-9-26-16)10-15-5-8-18(27-15)13-3-6-17(7-4-13)28(21,24)25/h1-10H,12H2,(H,22,23)(H2,21,24,25). The van der Waals surface area contributed by atoms with Crippen LogP contribution in [-0.4, -0.2) is 14.3 Å². The number of amides is 1. The van der Waals surface area contributed by atoms with E-state index >= 15 is 0 Å². The van der Waals surface area contributed by atoms with Gasteiger partial charge in [0.1, 0.15) is 28.9 Å². The predicted molar refractivity (Wildman–Crippen MR) is 99.7 cm³/mol. The van der Waals surface area contributed by atoms with Crippen LogP contribution in [0.1, 0.15) is 11.5 Å². The summed E-state index contributed by atoms with van der Waals surface area (Å²) in [7, 11) is -3.77. The van der Waals surface area contributed by atoms with Crippen LogP contribution in [0, 0.1) is 11.3 Å². The topological polar surface area (TPSA) is 139 Å². The van der Waals surface area contributed by atoms with Crippen LogP contribution in [0.25, 0.3) is 17.4 Å². The average molecular weight is 397 g/mol. The lowest BCUT2D eigenvalue weighted by Gasteiger charge is -2.01. The second-order valence-corrected chi connectivity index (χ2v) is 7.26. The molecule has 142 valence electrons. The maximum absolute atomic E-state index is 12.1. The van der Waals surface area contributed by atoms with Gasteiger partial charge in [0.2, 0.25) is 10.0 Å². The summed E-state index contributed by atoms with van der Waals surface area (Å²) in [4.78, 5) is 12.1. The van der Waals surface area contributed by atoms with Crippen molar-refractivity contribution >= 4 is 22.0 Å². The number of nitrogens with two attached hydrogens (primary N) is 1. The molecule has 9 heteroatoms. The van der Waals surface area contributed by atoms with E-state index < -0.39 is 15.9 Å². The van der Waals surface area contributed by atoms with E-state index in [4.69, 9.17) is 14.0 Å². The second-order valence-electron chi connectivity index (χ2n) is 5.70. The molecule has 0 aliphatic carbocycles. The summed E-state index contributed by atoms with van der Waals surface area (Å²) in [5.41, 5.74) is 0.491. The van der Waals surface area contributed by atoms with Crippen LogP contribution in [0.3, 0.4) is 0 Å². The summed E-state index contributed by atoms with van der Waals surface area (Å²) in [5, 5.41) is 16.9. The monoisotopic (exact) mass is 397 g/mol. The number of hydrogen-bond acceptors (Lipinski definition) is 6. The number of furan rings is 2. The molecule has 2 heterocycles. The molecule has 0 atom stereocenters. The number of sulfonamides is 1. The minimum absolute atomic E-state index is 0.0112. The van der Waals surface area contributed by atoms with Gasteiger partial charge < -0.3 is 14.2 Å². The number of carbonyl (C=O) groups excluding carboxylic acids is 1. The van der Waals surface area contributed by atoms with Crippen LogP contribution < -0.4 is 10.5 Å². The average Bonchev–Trinajstić information content (AvgIpc) is 3.35. The number of primary sulfonamides is 1. The number of hydrogen-bond donors (Lipinski definition) is 2. The van der Waals surface area contributed by atoms with Gasteiger partial charge >= 0.3 is 0 Å². The molecule has 0 saturated heterocycles. The zero-order chi connectivity index (χ0) is 20.1. The van der Waals surface area contributed by atoms with E-state index in [9.17, 15) is 18.5 Å². The first-order chi connectivity index (χ1) is 13.4. The van der Waals surface area contributed by atoms with Gasteiger partial charge in [0, 0.05) is 11.6 Å². The molecule has 0 saturated carbocycles. The van der Waals surface area contributed by atoms with Gasteiger partial charge in [0.05, 0.1) is 17.7 Å². The molecule has 2 aromatic heterocycles. The molecule has 0 spiro atoms. The minimum atomic E-state index is -3.77. The van der Waals surface area contributed by atoms with Gasteiger partial charge in [-0.3, -0.25) is 4.79 Å². The van der Waals surface area contributed by atoms with Gasteiger partial charge in [0.25, 0.3) is 5.91 Å². The molecule has 0 aliphatic rings. The maximum atomic E-state index is 12.1. The van der Waals surface area contributed by atoms with Crippen molar-refractivity contribution in [3.63, 3.8) is 0 Å². The summed E-state index contributed by atoms with van der Waals surface area (Å²) in [5.74, 6) is 0.749. The molecule has 1 aromatic carbocycles. The third kappa shape index (κ3) is 4.56. The summed E-state index contributed by atoms with van der Waals surface area (Å²) < 4.78 is 33.3. The van der Waals surface area contributed by atoms with Crippen molar-refractivity contribution in [3.05, 3.63) is 71.9 Å². The van der Waals surface area contributed by atoms with Gasteiger partial charge in [-0.1, -0.05) is 0 Å². The van der Waals surface area contributed by atoms with Gasteiger partial charge in [-0.25, -0.2) is 13.6 Å². The third-order valence-electron chi connectivity index (χ3n) is 3.75. The number of carbonyl (C=O) groups is 1. The first-order valence-corrected chi connectivity index (χ1v) is 9.57. The van der Waals surface area contributed by atoms with Crippen molar-refractivity contribution in [2.45, 2.75) is 11.4 Å². The molecule has 28 heavy (non-hydrogen) atoms. The molecule has 0 bridgehead atoms. The zero-order valence-electron chi connectivity index (χ0n) is 14.5. The van der Waals surface area contributed by atoms with Gasteiger partial charge in [0.15, 0.2) is 0 Å². The predicted octanol–water partition coefficient (Wildman–Crippen LogP) is 2.41. The molecule has 0 fully saturated rings. The van der Waals surface area contributed by atoms with E-state index in [0.29, 0.717) is 22.8 Å². The largest absolute Gasteiger partial charge is 0.467 e. The van der Waals surface area contributed by atoms with Crippen LogP contribution in [0.4, 0.5) is 0 Å². The second kappa shape index (κ2) is 7.96. The number of rotatable bonds is 6. The molecule has 1 amide bonds. The lowest BCUT2D eigenvalue weighted by atomic mass is 10.2. The molecule has 0 radical (unpaired) electrons. The fraction of sp³-hybridized carbons (Fsp3) is 0.0526. The van der Waals surface area contributed by atoms with Gasteiger partial charge in [-0.05, 0) is 48.5 Å². The highest BCUT2D eigenvalue weighted by molar-refractivity contribution is 7.89. The van der Waals surface area contributed by atoms with E-state index in [2.05, 4.69) is 5.32 Å². The Hall–Kier alpha value is -3.61. The Labute approximate surface area is 160 Å². The molecule has 0 aliphatic heterocycles. The fourth-order valence-electron chi connectivity index (χ4n) is 2.36. The quantitative estimate of drug-likeness (QED) is 0.484. The molecule has 3 aromatic rings. The van der Waals surface area contributed by atoms with E-state index in [1.807, 2.05) is 6.07 Å². The van der Waals surface area contributed by atoms with E-state index in [-0.39, 0.29) is 17.0 Å². The van der Waals surface area contributed by atoms with Crippen LogP contribution >= 0.6 is 0 Å². The highest BCUT2D eigenvalue weighted by Crippen LogP contribution is 2.24. The van der Waals surface area contributed by atoms with Crippen molar-refractivity contribution in [2.24, 2.45) is 5.14 Å². The lowest BCUT2D eigenvalue weighted by molar-refractivity contribution is -0.117. The molecular formula is C19H15N3O5S. The van der Waals surface area contributed by atoms with E-state index in [1.165, 1.54) is 24.5 Å². The Kier molecular flexibility index (Phi) is 5.44. The van der Waals surface area contributed by atoms with Crippen LogP contribution in [-0.2, 0) is 21.4 Å². The van der Waals surface area contributed by atoms with E-state index in [1.54, 1.807) is 36.4 Å². The van der Waals surface area contributed by atoms with Crippen LogP contribution in [0.2, 0.25) is 0 Å². The minimum Gasteiger partial charge on any atom is -0.467 e. The molecule has 3 rings (SSSR count). The Morgan fingerprint density at radius 2 is 1.93 bits per heavy atom. The Morgan fingerprint density at radius 3 is 2.54 bits per heavy atom. The van der Waals surface area contributed by atoms with Crippen molar-refractivity contribution in [1.29, 1.82) is 5.26 Å². The molecule has 0 unspecified atom stereocenters. The normalized spacial score (nSPS) is 11.8. The van der Waals surface area contributed by atoms with Crippen molar-refractivity contribution in [3.8, 4) is 17.4 Å². The molecule has 8 nitrogen and oxygen atoms in total. The fourth-order valence-corrected chi connectivity index (χ4v) is 2.88. The highest BCUT2D eigenvalue weighted by Gasteiger charge is 2.12. The first kappa shape index (κ1) is 19.2. The zero-order valence-corrected chi connectivity index (χ0v) is 15.3. The summed E-state index contributed by atoms with van der Waals surface area (Å²) in [6.45, 7) is 0.157. The Bertz CT molecular complexity index is 1150. The Morgan fingerprint density at radius 1 is 1.18 bits per heavy atom. The van der Waals surface area contributed by atoms with Crippen molar-refractivity contribution in [1.82, 2.24) is 5.32 Å².